The Balaban J connectivity index is 2.37. The second-order valence-corrected chi connectivity index (χ2v) is 3.79. The summed E-state index contributed by atoms with van der Waals surface area (Å²) >= 11 is 0. The van der Waals surface area contributed by atoms with Crippen LogP contribution in [0, 0.1) is 0 Å². The monoisotopic (exact) mass is 184 g/mol. The molecular formula is C10H20N2O. The first kappa shape index (κ1) is 10.5. The highest BCUT2D eigenvalue weighted by Gasteiger charge is 2.15. The molecule has 0 unspecified atom stereocenters. The first-order chi connectivity index (χ1) is 6.24. The molecule has 0 aliphatic carbocycles. The molecule has 1 saturated heterocycles. The fourth-order valence-corrected chi connectivity index (χ4v) is 1.67. The predicted molar refractivity (Wildman–Crippen MR) is 53.6 cm³/mol. The lowest BCUT2D eigenvalue weighted by atomic mass is 10.3. The third-order valence-electron chi connectivity index (χ3n) is 2.54. The van der Waals surface area contributed by atoms with E-state index in [1.54, 1.807) is 0 Å². The van der Waals surface area contributed by atoms with E-state index in [4.69, 9.17) is 0 Å². The quantitative estimate of drug-likeness (QED) is 0.638. The Bertz CT molecular complexity index is 170. The molecule has 0 aromatic rings. The molecule has 1 fully saturated rings. The maximum Gasteiger partial charge on any atom is 0.222 e. The van der Waals surface area contributed by atoms with Gasteiger partial charge in [0.1, 0.15) is 0 Å². The summed E-state index contributed by atoms with van der Waals surface area (Å²) < 4.78 is 0. The molecule has 0 atom stereocenters. The Morgan fingerprint density at radius 2 is 2.00 bits per heavy atom. The van der Waals surface area contributed by atoms with Crippen LogP contribution in [0.4, 0.5) is 0 Å². The lowest BCUT2D eigenvalue weighted by molar-refractivity contribution is -0.131. The van der Waals surface area contributed by atoms with Crippen LogP contribution in [-0.4, -0.2) is 48.9 Å². The van der Waals surface area contributed by atoms with Gasteiger partial charge in [-0.3, -0.25) is 4.79 Å². The number of carbonyl (C=O) groups excluding carboxylic acids is 1. The molecule has 0 radical (unpaired) electrons. The van der Waals surface area contributed by atoms with Crippen LogP contribution in [0.5, 0.6) is 0 Å². The van der Waals surface area contributed by atoms with Crippen molar-refractivity contribution in [3.8, 4) is 0 Å². The molecule has 0 bridgehead atoms. The van der Waals surface area contributed by atoms with Crippen molar-refractivity contribution in [3.63, 3.8) is 0 Å². The highest BCUT2D eigenvalue weighted by atomic mass is 16.2. The fraction of sp³-hybridized carbons (Fsp3) is 0.900. The van der Waals surface area contributed by atoms with Crippen molar-refractivity contribution in [1.29, 1.82) is 0 Å². The van der Waals surface area contributed by atoms with Crippen LogP contribution in [0.15, 0.2) is 0 Å². The highest BCUT2D eigenvalue weighted by Crippen LogP contribution is 2.04. The summed E-state index contributed by atoms with van der Waals surface area (Å²) in [4.78, 5) is 15.9. The number of carbonyl (C=O) groups is 1. The average Bonchev–Trinajstić information content (AvgIpc) is 2.30. The maximum atomic E-state index is 11.6. The number of hydrogen-bond acceptors (Lipinski definition) is 2. The molecule has 1 aliphatic rings. The topological polar surface area (TPSA) is 23.6 Å². The van der Waals surface area contributed by atoms with Crippen LogP contribution < -0.4 is 0 Å². The Labute approximate surface area is 80.7 Å². The second kappa shape index (κ2) is 5.22. The van der Waals surface area contributed by atoms with Crippen molar-refractivity contribution in [1.82, 2.24) is 9.80 Å². The third-order valence-corrected chi connectivity index (χ3v) is 2.54. The molecule has 0 saturated carbocycles. The maximum absolute atomic E-state index is 11.6. The summed E-state index contributed by atoms with van der Waals surface area (Å²) in [5.41, 5.74) is 0. The molecule has 1 rings (SSSR count). The molecule has 0 aromatic carbocycles. The van der Waals surface area contributed by atoms with Crippen LogP contribution in [0.25, 0.3) is 0 Å². The van der Waals surface area contributed by atoms with Crippen LogP contribution in [-0.2, 0) is 4.79 Å². The second-order valence-electron chi connectivity index (χ2n) is 3.79. The summed E-state index contributed by atoms with van der Waals surface area (Å²) in [6.07, 6.45) is 2.79. The normalized spacial score (nSPS) is 20.0. The van der Waals surface area contributed by atoms with Crippen LogP contribution in [0.2, 0.25) is 0 Å². The van der Waals surface area contributed by atoms with Crippen molar-refractivity contribution < 1.29 is 4.79 Å². The van der Waals surface area contributed by atoms with E-state index in [2.05, 4.69) is 18.9 Å². The summed E-state index contributed by atoms with van der Waals surface area (Å²) in [5.74, 6) is 0.331. The van der Waals surface area contributed by atoms with Gasteiger partial charge in [0.2, 0.25) is 5.91 Å². The Morgan fingerprint density at radius 3 is 2.69 bits per heavy atom. The van der Waals surface area contributed by atoms with Crippen molar-refractivity contribution >= 4 is 5.91 Å². The SMILES string of the molecule is CCCC(=O)N1CCCN(C)CC1. The zero-order valence-electron chi connectivity index (χ0n) is 8.75. The van der Waals surface area contributed by atoms with Crippen molar-refractivity contribution in [2.45, 2.75) is 26.2 Å². The van der Waals surface area contributed by atoms with E-state index in [-0.39, 0.29) is 0 Å². The minimum Gasteiger partial charge on any atom is -0.341 e. The molecule has 3 heteroatoms. The van der Waals surface area contributed by atoms with E-state index in [0.29, 0.717) is 12.3 Å². The van der Waals surface area contributed by atoms with E-state index in [9.17, 15) is 4.79 Å². The van der Waals surface area contributed by atoms with Gasteiger partial charge in [-0.2, -0.15) is 0 Å². The smallest absolute Gasteiger partial charge is 0.222 e. The van der Waals surface area contributed by atoms with Crippen molar-refractivity contribution in [3.05, 3.63) is 0 Å². The zero-order chi connectivity index (χ0) is 9.68. The molecule has 0 spiro atoms. The molecule has 76 valence electrons. The molecule has 0 aromatic heterocycles. The van der Waals surface area contributed by atoms with Gasteiger partial charge in [-0.1, -0.05) is 6.92 Å². The number of rotatable bonds is 2. The lowest BCUT2D eigenvalue weighted by Crippen LogP contribution is -2.34. The lowest BCUT2D eigenvalue weighted by Gasteiger charge is -2.20. The zero-order valence-corrected chi connectivity index (χ0v) is 8.75. The molecule has 1 heterocycles. The number of amides is 1. The van der Waals surface area contributed by atoms with Gasteiger partial charge in [0.05, 0.1) is 0 Å². The van der Waals surface area contributed by atoms with Gasteiger partial charge in [-0.15, -0.1) is 0 Å². The van der Waals surface area contributed by atoms with Gasteiger partial charge < -0.3 is 9.80 Å². The van der Waals surface area contributed by atoms with Gasteiger partial charge in [0, 0.05) is 26.1 Å². The Kier molecular flexibility index (Phi) is 4.22. The molecule has 1 amide bonds. The minimum atomic E-state index is 0.331. The number of nitrogens with zero attached hydrogens (tertiary/aromatic N) is 2. The van der Waals surface area contributed by atoms with Gasteiger partial charge in [-0.05, 0) is 26.4 Å². The van der Waals surface area contributed by atoms with Crippen LogP contribution in [0.3, 0.4) is 0 Å². The summed E-state index contributed by atoms with van der Waals surface area (Å²) in [5, 5.41) is 0. The van der Waals surface area contributed by atoms with Gasteiger partial charge in [0.25, 0.3) is 0 Å². The first-order valence-corrected chi connectivity index (χ1v) is 5.20. The molecular weight excluding hydrogens is 164 g/mol. The summed E-state index contributed by atoms with van der Waals surface area (Å²) in [7, 11) is 2.12. The van der Waals surface area contributed by atoms with Gasteiger partial charge in [-0.25, -0.2) is 0 Å². The predicted octanol–water partition coefficient (Wildman–Crippen LogP) is 0.951. The number of likely N-dealkylation sites (N-methyl/N-ethyl adjacent to an activating group) is 1. The summed E-state index contributed by atoms with van der Waals surface area (Å²) in [6.45, 7) is 6.06. The van der Waals surface area contributed by atoms with E-state index in [0.717, 1.165) is 39.0 Å². The minimum absolute atomic E-state index is 0.331. The van der Waals surface area contributed by atoms with Gasteiger partial charge >= 0.3 is 0 Å². The average molecular weight is 184 g/mol. The van der Waals surface area contributed by atoms with Crippen LogP contribution >= 0.6 is 0 Å². The standard InChI is InChI=1S/C10H20N2O/c1-3-5-10(13)12-7-4-6-11(2)8-9-12/h3-9H2,1-2H3. The van der Waals surface area contributed by atoms with E-state index < -0.39 is 0 Å². The third kappa shape index (κ3) is 3.35. The molecule has 1 aliphatic heterocycles. The first-order valence-electron chi connectivity index (χ1n) is 5.20. The molecule has 3 nitrogen and oxygen atoms in total. The van der Waals surface area contributed by atoms with Crippen molar-refractivity contribution in [2.75, 3.05) is 33.2 Å². The van der Waals surface area contributed by atoms with Crippen LogP contribution in [0.1, 0.15) is 26.2 Å². The van der Waals surface area contributed by atoms with E-state index in [1.165, 1.54) is 0 Å². The fourth-order valence-electron chi connectivity index (χ4n) is 1.67. The van der Waals surface area contributed by atoms with Gasteiger partial charge in [0.15, 0.2) is 0 Å². The Hall–Kier alpha value is -0.570. The largest absolute Gasteiger partial charge is 0.341 e. The highest BCUT2D eigenvalue weighted by molar-refractivity contribution is 5.76. The number of hydrogen-bond donors (Lipinski definition) is 0. The molecule has 0 N–H and O–H groups in total. The molecule has 13 heavy (non-hydrogen) atoms. The van der Waals surface area contributed by atoms with E-state index >= 15 is 0 Å². The van der Waals surface area contributed by atoms with Crippen molar-refractivity contribution in [2.24, 2.45) is 0 Å². The summed E-state index contributed by atoms with van der Waals surface area (Å²) in [6, 6.07) is 0. The van der Waals surface area contributed by atoms with E-state index in [1.807, 2.05) is 4.90 Å². The Morgan fingerprint density at radius 1 is 1.23 bits per heavy atom.